The fourth-order valence-electron chi connectivity index (χ4n) is 0.786. The highest BCUT2D eigenvalue weighted by atomic mass is 16.5. The quantitative estimate of drug-likeness (QED) is 0.616. The molecule has 0 heterocycles. The first-order chi connectivity index (χ1) is 6.10. The molecule has 0 fully saturated rings. The molecule has 0 aliphatic heterocycles. The second kappa shape index (κ2) is 6.42. The Labute approximate surface area is 77.1 Å². The monoisotopic (exact) mass is 189 g/mol. The van der Waals surface area contributed by atoms with Crippen molar-refractivity contribution in [3.63, 3.8) is 0 Å². The van der Waals surface area contributed by atoms with Crippen LogP contribution in [-0.4, -0.2) is 36.7 Å². The molecule has 1 unspecified atom stereocenters. The summed E-state index contributed by atoms with van der Waals surface area (Å²) in [4.78, 5) is 21.1. The van der Waals surface area contributed by atoms with Crippen molar-refractivity contribution >= 4 is 11.9 Å². The zero-order valence-corrected chi connectivity index (χ0v) is 7.87. The topological polar surface area (TPSA) is 75.6 Å². The summed E-state index contributed by atoms with van der Waals surface area (Å²) < 4.78 is 4.86. The largest absolute Gasteiger partial charge is 0.481 e. The van der Waals surface area contributed by atoms with Crippen molar-refractivity contribution in [2.75, 3.05) is 13.7 Å². The van der Waals surface area contributed by atoms with Gasteiger partial charge in [0.25, 0.3) is 0 Å². The van der Waals surface area contributed by atoms with E-state index in [1.54, 1.807) is 6.92 Å². The van der Waals surface area contributed by atoms with Gasteiger partial charge in [0, 0.05) is 20.1 Å². The number of carbonyl (C=O) groups excluding carboxylic acids is 1. The third kappa shape index (κ3) is 6.10. The zero-order chi connectivity index (χ0) is 10.3. The van der Waals surface area contributed by atoms with E-state index in [4.69, 9.17) is 9.84 Å². The molecule has 13 heavy (non-hydrogen) atoms. The Morgan fingerprint density at radius 1 is 1.54 bits per heavy atom. The molecule has 0 saturated carbocycles. The third-order valence-corrected chi connectivity index (χ3v) is 1.58. The smallest absolute Gasteiger partial charge is 0.306 e. The summed E-state index contributed by atoms with van der Waals surface area (Å²) in [6.45, 7) is 1.98. The van der Waals surface area contributed by atoms with E-state index < -0.39 is 12.1 Å². The van der Waals surface area contributed by atoms with Gasteiger partial charge in [0.05, 0.1) is 12.5 Å². The molecule has 1 amide bonds. The van der Waals surface area contributed by atoms with Gasteiger partial charge in [-0.15, -0.1) is 0 Å². The van der Waals surface area contributed by atoms with Gasteiger partial charge in [0.1, 0.15) is 0 Å². The van der Waals surface area contributed by atoms with Gasteiger partial charge in [-0.3, -0.25) is 9.59 Å². The predicted octanol–water partition coefficient (Wildman–Crippen LogP) is 0.00230. The van der Waals surface area contributed by atoms with Crippen molar-refractivity contribution in [1.29, 1.82) is 0 Å². The summed E-state index contributed by atoms with van der Waals surface area (Å²) in [5.41, 5.74) is 0. The van der Waals surface area contributed by atoms with Crippen LogP contribution in [0.3, 0.4) is 0 Å². The van der Waals surface area contributed by atoms with Gasteiger partial charge in [-0.05, 0) is 0 Å². The van der Waals surface area contributed by atoms with Gasteiger partial charge < -0.3 is 15.2 Å². The molecule has 0 aromatic carbocycles. The number of hydrogen-bond donors (Lipinski definition) is 2. The van der Waals surface area contributed by atoms with Crippen LogP contribution in [0.1, 0.15) is 19.8 Å². The summed E-state index contributed by atoms with van der Waals surface area (Å²) >= 11 is 0. The third-order valence-electron chi connectivity index (χ3n) is 1.58. The maximum absolute atomic E-state index is 10.8. The number of carboxylic acids is 1. The minimum Gasteiger partial charge on any atom is -0.481 e. The van der Waals surface area contributed by atoms with Crippen LogP contribution in [-0.2, 0) is 14.3 Å². The maximum Gasteiger partial charge on any atom is 0.306 e. The van der Waals surface area contributed by atoms with E-state index in [0.29, 0.717) is 6.42 Å². The molecule has 0 aliphatic rings. The first-order valence-electron chi connectivity index (χ1n) is 4.11. The Kier molecular flexibility index (Phi) is 5.88. The van der Waals surface area contributed by atoms with E-state index in [-0.39, 0.29) is 18.9 Å². The zero-order valence-electron chi connectivity index (χ0n) is 7.87. The van der Waals surface area contributed by atoms with Crippen LogP contribution >= 0.6 is 0 Å². The van der Waals surface area contributed by atoms with Gasteiger partial charge in [0.15, 0.2) is 0 Å². The van der Waals surface area contributed by atoms with Crippen LogP contribution in [0.4, 0.5) is 0 Å². The van der Waals surface area contributed by atoms with Crippen LogP contribution in [0.15, 0.2) is 0 Å². The molecule has 0 bridgehead atoms. The molecule has 0 radical (unpaired) electrons. The van der Waals surface area contributed by atoms with Crippen molar-refractivity contribution in [2.45, 2.75) is 25.9 Å². The van der Waals surface area contributed by atoms with Crippen molar-refractivity contribution in [3.05, 3.63) is 0 Å². The van der Waals surface area contributed by atoms with E-state index in [1.165, 1.54) is 7.11 Å². The number of methoxy groups -OCH3 is 1. The SMILES string of the molecule is CCC(=O)NCC(CC(=O)O)OC. The summed E-state index contributed by atoms with van der Waals surface area (Å²) in [7, 11) is 1.42. The average Bonchev–Trinajstić information content (AvgIpc) is 2.10. The molecule has 1 atom stereocenters. The van der Waals surface area contributed by atoms with Gasteiger partial charge >= 0.3 is 5.97 Å². The van der Waals surface area contributed by atoms with Crippen LogP contribution in [0, 0.1) is 0 Å². The van der Waals surface area contributed by atoms with Crippen LogP contribution in [0.5, 0.6) is 0 Å². The Morgan fingerprint density at radius 2 is 2.15 bits per heavy atom. The van der Waals surface area contributed by atoms with Crippen molar-refractivity contribution in [3.8, 4) is 0 Å². The first kappa shape index (κ1) is 11.9. The first-order valence-corrected chi connectivity index (χ1v) is 4.11. The second-order valence-corrected chi connectivity index (χ2v) is 2.61. The molecule has 0 saturated heterocycles. The highest BCUT2D eigenvalue weighted by Gasteiger charge is 2.12. The summed E-state index contributed by atoms with van der Waals surface area (Å²) in [6, 6.07) is 0. The fraction of sp³-hybridized carbons (Fsp3) is 0.750. The highest BCUT2D eigenvalue weighted by molar-refractivity contribution is 5.75. The van der Waals surface area contributed by atoms with Gasteiger partial charge in [-0.1, -0.05) is 6.92 Å². The molecule has 0 aromatic rings. The van der Waals surface area contributed by atoms with Crippen LogP contribution < -0.4 is 5.32 Å². The molecule has 2 N–H and O–H groups in total. The second-order valence-electron chi connectivity index (χ2n) is 2.61. The lowest BCUT2D eigenvalue weighted by atomic mass is 10.2. The number of aliphatic carboxylic acids is 1. The van der Waals surface area contributed by atoms with E-state index >= 15 is 0 Å². The van der Waals surface area contributed by atoms with Gasteiger partial charge in [0.2, 0.25) is 5.91 Å². The lowest BCUT2D eigenvalue weighted by Gasteiger charge is -2.13. The summed E-state index contributed by atoms with van der Waals surface area (Å²) in [5.74, 6) is -1.04. The number of carbonyl (C=O) groups is 2. The molecular formula is C8H15NO4. The Balaban J connectivity index is 3.71. The Morgan fingerprint density at radius 3 is 2.54 bits per heavy atom. The predicted molar refractivity (Wildman–Crippen MR) is 46.4 cm³/mol. The minimum absolute atomic E-state index is 0.0967. The lowest BCUT2D eigenvalue weighted by Crippen LogP contribution is -2.34. The number of amides is 1. The van der Waals surface area contributed by atoms with Gasteiger partial charge in [-0.2, -0.15) is 0 Å². The van der Waals surface area contributed by atoms with E-state index in [0.717, 1.165) is 0 Å². The van der Waals surface area contributed by atoms with Crippen molar-refractivity contribution < 1.29 is 19.4 Å². The number of nitrogens with one attached hydrogen (secondary N) is 1. The number of ether oxygens (including phenoxy) is 1. The van der Waals surface area contributed by atoms with Crippen molar-refractivity contribution in [2.24, 2.45) is 0 Å². The number of carboxylic acid groups (broad SMARTS) is 1. The summed E-state index contributed by atoms with van der Waals surface area (Å²) in [6.07, 6.45) is -0.155. The molecule has 0 rings (SSSR count). The van der Waals surface area contributed by atoms with Crippen LogP contribution in [0.25, 0.3) is 0 Å². The Hall–Kier alpha value is -1.10. The normalized spacial score (nSPS) is 12.2. The average molecular weight is 189 g/mol. The molecular weight excluding hydrogens is 174 g/mol. The number of rotatable bonds is 6. The molecule has 0 spiro atoms. The standard InChI is InChI=1S/C8H15NO4/c1-3-7(10)9-5-6(13-2)4-8(11)12/h6H,3-5H2,1-2H3,(H,9,10)(H,11,12). The Bertz CT molecular complexity index is 181. The van der Waals surface area contributed by atoms with E-state index in [9.17, 15) is 9.59 Å². The molecule has 0 aliphatic carbocycles. The maximum atomic E-state index is 10.8. The lowest BCUT2D eigenvalue weighted by molar-refractivity contribution is -0.140. The van der Waals surface area contributed by atoms with E-state index in [2.05, 4.69) is 5.32 Å². The summed E-state index contributed by atoms with van der Waals surface area (Å²) in [5, 5.41) is 11.0. The minimum atomic E-state index is -0.933. The molecule has 5 nitrogen and oxygen atoms in total. The van der Waals surface area contributed by atoms with Gasteiger partial charge in [-0.25, -0.2) is 0 Å². The fourth-order valence-corrected chi connectivity index (χ4v) is 0.786. The van der Waals surface area contributed by atoms with E-state index in [1.807, 2.05) is 0 Å². The number of hydrogen-bond acceptors (Lipinski definition) is 3. The van der Waals surface area contributed by atoms with Crippen molar-refractivity contribution in [1.82, 2.24) is 5.32 Å². The molecule has 5 heteroatoms. The highest BCUT2D eigenvalue weighted by Crippen LogP contribution is 1.95. The van der Waals surface area contributed by atoms with Crippen LogP contribution in [0.2, 0.25) is 0 Å². The molecule has 0 aromatic heterocycles. The molecule has 76 valence electrons.